The van der Waals surface area contributed by atoms with Crippen molar-refractivity contribution in [2.24, 2.45) is 0 Å². The Morgan fingerprint density at radius 1 is 0.793 bits per heavy atom. The molecule has 0 aliphatic heterocycles. The number of carbonyl (C=O) groups excluding carboxylic acids is 1. The van der Waals surface area contributed by atoms with Crippen LogP contribution in [-0.4, -0.2) is 28.4 Å². The Morgan fingerprint density at radius 3 is 1.90 bits per heavy atom. The predicted octanol–water partition coefficient (Wildman–Crippen LogP) is 5.93. The first-order valence-corrected chi connectivity index (χ1v) is 11.7. The van der Waals surface area contributed by atoms with Gasteiger partial charge in [-0.25, -0.2) is 0 Å². The van der Waals surface area contributed by atoms with Crippen molar-refractivity contribution in [3.05, 3.63) is 35.9 Å². The van der Waals surface area contributed by atoms with Gasteiger partial charge in [-0.3, -0.25) is 4.79 Å². The van der Waals surface area contributed by atoms with Gasteiger partial charge in [0.1, 0.15) is 6.61 Å². The van der Waals surface area contributed by atoms with Gasteiger partial charge in [-0.05, 0) is 24.8 Å². The van der Waals surface area contributed by atoms with Crippen LogP contribution in [0.15, 0.2) is 30.3 Å². The van der Waals surface area contributed by atoms with Crippen LogP contribution < -0.4 is 0 Å². The first-order valence-electron chi connectivity index (χ1n) is 11.7. The maximum absolute atomic E-state index is 11.7. The van der Waals surface area contributed by atoms with Crippen LogP contribution in [0.4, 0.5) is 0 Å². The van der Waals surface area contributed by atoms with Crippen LogP contribution >= 0.6 is 0 Å². The molecule has 0 bridgehead atoms. The fraction of sp³-hybridized carbons (Fsp3) is 0.720. The molecular weight excluding hydrogens is 364 g/mol. The van der Waals surface area contributed by atoms with Gasteiger partial charge in [0.2, 0.25) is 0 Å². The minimum atomic E-state index is -0.599. The van der Waals surface area contributed by atoms with Crippen molar-refractivity contribution >= 4 is 5.97 Å². The number of benzene rings is 1. The minimum absolute atomic E-state index is 0.137. The Hall–Kier alpha value is -1.39. The molecule has 0 radical (unpaired) electrons. The van der Waals surface area contributed by atoms with E-state index in [1.54, 1.807) is 0 Å². The van der Waals surface area contributed by atoms with Crippen LogP contribution in [-0.2, 0) is 16.1 Å². The average molecular weight is 407 g/mol. The lowest BCUT2D eigenvalue weighted by Gasteiger charge is -2.17. The molecule has 2 atom stereocenters. The van der Waals surface area contributed by atoms with Crippen LogP contribution in [0.25, 0.3) is 0 Å². The quantitative estimate of drug-likeness (QED) is 0.234. The molecule has 4 nitrogen and oxygen atoms in total. The van der Waals surface area contributed by atoms with E-state index in [9.17, 15) is 15.0 Å². The largest absolute Gasteiger partial charge is 0.461 e. The number of esters is 1. The highest BCUT2D eigenvalue weighted by molar-refractivity contribution is 5.69. The molecule has 2 N–H and O–H groups in total. The van der Waals surface area contributed by atoms with Gasteiger partial charge in [-0.2, -0.15) is 0 Å². The summed E-state index contributed by atoms with van der Waals surface area (Å²) in [4.78, 5) is 11.7. The van der Waals surface area contributed by atoms with Gasteiger partial charge in [-0.15, -0.1) is 0 Å². The number of aliphatic hydroxyl groups excluding tert-OH is 2. The number of hydrogen-bond acceptors (Lipinski definition) is 4. The predicted molar refractivity (Wildman–Crippen MR) is 119 cm³/mol. The molecule has 0 saturated heterocycles. The third kappa shape index (κ3) is 14.3. The van der Waals surface area contributed by atoms with Crippen molar-refractivity contribution in [1.82, 2.24) is 0 Å². The number of aliphatic hydroxyl groups is 2. The molecule has 0 fully saturated rings. The summed E-state index contributed by atoms with van der Waals surface area (Å²) in [6.45, 7) is 2.56. The third-order valence-corrected chi connectivity index (χ3v) is 5.42. The molecule has 1 rings (SSSR count). The zero-order valence-electron chi connectivity index (χ0n) is 18.4. The van der Waals surface area contributed by atoms with E-state index in [0.717, 1.165) is 50.5 Å². The van der Waals surface area contributed by atoms with Crippen LogP contribution in [0.2, 0.25) is 0 Å². The molecule has 1 aromatic carbocycles. The molecular formula is C25H42O4. The van der Waals surface area contributed by atoms with Crippen molar-refractivity contribution in [3.63, 3.8) is 0 Å². The fourth-order valence-corrected chi connectivity index (χ4v) is 3.48. The standard InChI is InChI=1S/C25H42O4/c1-2-3-4-5-7-13-18-23(26)24(27)19-14-8-6-9-15-20-25(28)29-21-22-16-11-10-12-17-22/h10-12,16-17,23-24,26-27H,2-9,13-15,18-21H2,1H3. The molecule has 0 saturated carbocycles. The van der Waals surface area contributed by atoms with Crippen molar-refractivity contribution < 1.29 is 19.7 Å². The van der Waals surface area contributed by atoms with Gasteiger partial charge in [0.15, 0.2) is 0 Å². The van der Waals surface area contributed by atoms with Crippen LogP contribution in [0.5, 0.6) is 0 Å². The highest BCUT2D eigenvalue weighted by Crippen LogP contribution is 2.15. The van der Waals surface area contributed by atoms with E-state index in [2.05, 4.69) is 6.92 Å². The molecule has 0 aromatic heterocycles. The van der Waals surface area contributed by atoms with E-state index in [1.165, 1.54) is 25.7 Å². The van der Waals surface area contributed by atoms with Gasteiger partial charge >= 0.3 is 5.97 Å². The average Bonchev–Trinajstić information content (AvgIpc) is 2.74. The number of hydrogen-bond donors (Lipinski definition) is 2. The lowest BCUT2D eigenvalue weighted by Crippen LogP contribution is -2.25. The Balaban J connectivity index is 1.91. The molecule has 0 aliphatic carbocycles. The Labute approximate surface area is 177 Å². The second kappa shape index (κ2) is 17.5. The smallest absolute Gasteiger partial charge is 0.306 e. The first-order chi connectivity index (χ1) is 14.1. The van der Waals surface area contributed by atoms with E-state index in [0.29, 0.717) is 25.9 Å². The van der Waals surface area contributed by atoms with E-state index in [4.69, 9.17) is 4.74 Å². The molecule has 0 amide bonds. The summed E-state index contributed by atoms with van der Waals surface area (Å²) in [6.07, 6.45) is 12.7. The number of ether oxygens (including phenoxy) is 1. The maximum atomic E-state index is 11.7. The second-order valence-electron chi connectivity index (χ2n) is 8.14. The molecule has 0 aliphatic rings. The fourth-order valence-electron chi connectivity index (χ4n) is 3.48. The van der Waals surface area contributed by atoms with Gasteiger partial charge in [0, 0.05) is 6.42 Å². The van der Waals surface area contributed by atoms with Gasteiger partial charge in [0.25, 0.3) is 0 Å². The summed E-state index contributed by atoms with van der Waals surface area (Å²) >= 11 is 0. The summed E-state index contributed by atoms with van der Waals surface area (Å²) in [5.41, 5.74) is 1.01. The zero-order valence-corrected chi connectivity index (χ0v) is 18.4. The van der Waals surface area contributed by atoms with Crippen LogP contribution in [0.1, 0.15) is 102 Å². The molecule has 0 heterocycles. The lowest BCUT2D eigenvalue weighted by atomic mass is 9.99. The SMILES string of the molecule is CCCCCCCCC(O)C(O)CCCCCCCC(=O)OCc1ccccc1. The summed E-state index contributed by atoms with van der Waals surface area (Å²) in [5.74, 6) is -0.137. The normalized spacial score (nSPS) is 13.2. The van der Waals surface area contributed by atoms with E-state index < -0.39 is 12.2 Å². The van der Waals surface area contributed by atoms with Crippen molar-refractivity contribution in [1.29, 1.82) is 0 Å². The lowest BCUT2D eigenvalue weighted by molar-refractivity contribution is -0.145. The molecule has 1 aromatic rings. The highest BCUT2D eigenvalue weighted by atomic mass is 16.5. The Morgan fingerprint density at radius 2 is 1.31 bits per heavy atom. The van der Waals surface area contributed by atoms with E-state index in [-0.39, 0.29) is 5.97 Å². The number of carbonyl (C=O) groups is 1. The molecule has 0 spiro atoms. The van der Waals surface area contributed by atoms with Gasteiger partial charge in [-0.1, -0.05) is 101 Å². The van der Waals surface area contributed by atoms with Crippen LogP contribution in [0, 0.1) is 0 Å². The number of unbranched alkanes of at least 4 members (excludes halogenated alkanes) is 9. The summed E-state index contributed by atoms with van der Waals surface area (Å²) < 4.78 is 5.27. The highest BCUT2D eigenvalue weighted by Gasteiger charge is 2.15. The topological polar surface area (TPSA) is 66.8 Å². The Kier molecular flexibility index (Phi) is 15.4. The van der Waals surface area contributed by atoms with Gasteiger partial charge < -0.3 is 14.9 Å². The number of rotatable bonds is 18. The minimum Gasteiger partial charge on any atom is -0.461 e. The van der Waals surface area contributed by atoms with Crippen molar-refractivity contribution in [2.45, 2.75) is 116 Å². The second-order valence-corrected chi connectivity index (χ2v) is 8.14. The van der Waals surface area contributed by atoms with E-state index >= 15 is 0 Å². The molecule has 29 heavy (non-hydrogen) atoms. The van der Waals surface area contributed by atoms with Crippen molar-refractivity contribution in [2.75, 3.05) is 0 Å². The summed E-state index contributed by atoms with van der Waals surface area (Å²) in [7, 11) is 0. The Bertz CT molecular complexity index is 503. The molecule has 4 heteroatoms. The maximum Gasteiger partial charge on any atom is 0.306 e. The van der Waals surface area contributed by atoms with Gasteiger partial charge in [0.05, 0.1) is 12.2 Å². The third-order valence-electron chi connectivity index (χ3n) is 5.42. The monoisotopic (exact) mass is 406 g/mol. The zero-order chi connectivity index (χ0) is 21.2. The molecule has 2 unspecified atom stereocenters. The summed E-state index contributed by atoms with van der Waals surface area (Å²) in [6, 6.07) is 9.72. The summed E-state index contributed by atoms with van der Waals surface area (Å²) in [5, 5.41) is 20.1. The van der Waals surface area contributed by atoms with E-state index in [1.807, 2.05) is 30.3 Å². The van der Waals surface area contributed by atoms with Crippen LogP contribution in [0.3, 0.4) is 0 Å². The first kappa shape index (κ1) is 25.6. The molecule has 166 valence electrons. The van der Waals surface area contributed by atoms with Crippen molar-refractivity contribution in [3.8, 4) is 0 Å².